The molecule has 0 bridgehead atoms. The van der Waals surface area contributed by atoms with Crippen LogP contribution in [0.1, 0.15) is 0 Å². The minimum atomic E-state index is -9.78. The number of carboxylic acid groups (broad SMARTS) is 2. The minimum absolute atomic E-state index is 4.49. The zero-order valence-electron chi connectivity index (χ0n) is 19.4. The molecule has 2 N–H and O–H groups in total. The maximum Gasteiger partial charge on any atom is 0.460 e. The summed E-state index contributed by atoms with van der Waals surface area (Å²) < 4.78 is 338. The van der Waals surface area contributed by atoms with Crippen molar-refractivity contribution < 1.29 is 134 Å². The second kappa shape index (κ2) is 10.8. The highest BCUT2D eigenvalue weighted by molar-refractivity contribution is 7.90. The predicted octanol–water partition coefficient (Wildman–Crippen LogP) is 5.68. The van der Waals surface area contributed by atoms with Gasteiger partial charge in [-0.1, -0.05) is 4.48 Å². The first-order valence-corrected chi connectivity index (χ1v) is 10.7. The van der Waals surface area contributed by atoms with Gasteiger partial charge >= 0.3 is 86.6 Å². The molecule has 274 valence electrons. The number of alkyl halides is 22. The lowest BCUT2D eigenvalue weighted by Gasteiger charge is -2.43. The van der Waals surface area contributed by atoms with Crippen LogP contribution in [-0.4, -0.2) is 105 Å². The average molecular weight is 770 g/mol. The summed E-state index contributed by atoms with van der Waals surface area (Å²) >= 11 is 0. The first-order valence-electron chi connectivity index (χ1n) is 9.24. The second-order valence-electron chi connectivity index (χ2n) is 7.80. The smallest absolute Gasteiger partial charge is 0.460 e. The lowest BCUT2D eigenvalue weighted by Crippen LogP contribution is -2.76. The van der Waals surface area contributed by atoms with Gasteiger partial charge in [0.15, 0.2) is 0 Å². The Morgan fingerprint density at radius 2 is 0.739 bits per heavy atom. The van der Waals surface area contributed by atoms with E-state index < -0.39 is 96.4 Å². The third kappa shape index (κ3) is 5.00. The number of hydrogen-bond donors (Lipinski definition) is 2. The van der Waals surface area contributed by atoms with Gasteiger partial charge in [-0.25, -0.2) is 22.4 Å². The lowest BCUT2D eigenvalue weighted by molar-refractivity contribution is -0.458. The highest BCUT2D eigenvalue weighted by atomic mass is 32.2. The van der Waals surface area contributed by atoms with Crippen molar-refractivity contribution in [3.63, 3.8) is 0 Å². The highest BCUT2D eigenvalue weighted by Gasteiger charge is 2.97. The third-order valence-electron chi connectivity index (χ3n) is 4.97. The van der Waals surface area contributed by atoms with Crippen LogP contribution in [0, 0.1) is 0 Å². The zero-order chi connectivity index (χ0) is 38.3. The molecule has 0 heterocycles. The summed E-state index contributed by atoms with van der Waals surface area (Å²) in [5, 5.41) is 2.28. The second-order valence-corrected chi connectivity index (χ2v) is 9.57. The third-order valence-corrected chi connectivity index (χ3v) is 6.41. The minimum Gasteiger partial charge on any atom is -0.478 e. The van der Waals surface area contributed by atoms with Gasteiger partial charge in [0.25, 0.3) is 0 Å². The van der Waals surface area contributed by atoms with Gasteiger partial charge < -0.3 is 10.2 Å². The summed E-state index contributed by atoms with van der Waals surface area (Å²) in [7, 11) is -9.78. The van der Waals surface area contributed by atoms with Crippen LogP contribution in [0.15, 0.2) is 0 Å². The Kier molecular flexibility index (Phi) is 10.2. The molecule has 0 rings (SSSR count). The van der Waals surface area contributed by atoms with Crippen LogP contribution in [-0.2, 0) is 19.6 Å². The van der Waals surface area contributed by atoms with Crippen molar-refractivity contribution in [3.05, 3.63) is 0 Å². The van der Waals surface area contributed by atoms with Crippen molar-refractivity contribution in [2.24, 2.45) is 0 Å². The van der Waals surface area contributed by atoms with Crippen molar-refractivity contribution in [2.45, 2.75) is 64.6 Å². The molecule has 0 aromatic heterocycles. The average Bonchev–Trinajstić information content (AvgIpc) is 2.84. The summed E-state index contributed by atoms with van der Waals surface area (Å²) in [6.45, 7) is 0. The summed E-state index contributed by atoms with van der Waals surface area (Å²) in [4.78, 5) is 20.7. The van der Waals surface area contributed by atoms with Gasteiger partial charge in [-0.05, 0) is 0 Å². The van der Waals surface area contributed by atoms with Crippen LogP contribution in [0.3, 0.4) is 0 Å². The largest absolute Gasteiger partial charge is 0.478 e. The van der Waals surface area contributed by atoms with Gasteiger partial charge in [0.1, 0.15) is 0 Å². The zero-order valence-corrected chi connectivity index (χ0v) is 20.2. The van der Waals surface area contributed by atoms with Crippen LogP contribution in [0.2, 0.25) is 0 Å². The number of aliphatic carboxylic acids is 2. The maximum atomic E-state index is 14.2. The number of hydrogen-bond acceptors (Lipinski definition) is 5. The van der Waals surface area contributed by atoms with Crippen molar-refractivity contribution in [3.8, 4) is 0 Å². The molecular formula is C13H2F24N2O6S. The van der Waals surface area contributed by atoms with Gasteiger partial charge in [-0.3, -0.25) is 0 Å². The molecule has 0 unspecified atom stereocenters. The van der Waals surface area contributed by atoms with Crippen LogP contribution in [0.25, 0.3) is 0 Å². The molecule has 0 aromatic rings. The summed E-state index contributed by atoms with van der Waals surface area (Å²) in [6, 6.07) is 0. The number of carbonyl (C=O) groups is 2. The Bertz CT molecular complexity index is 1310. The molecular weight excluding hydrogens is 768 g/mol. The predicted molar refractivity (Wildman–Crippen MR) is 84.5 cm³/mol. The highest BCUT2D eigenvalue weighted by Crippen LogP contribution is 2.64. The Balaban J connectivity index is 7.47. The summed E-state index contributed by atoms with van der Waals surface area (Å²) in [5.74, 6) is -88.7. The molecule has 0 fully saturated rings. The van der Waals surface area contributed by atoms with E-state index in [-0.39, 0.29) is 0 Å². The molecule has 33 heteroatoms. The van der Waals surface area contributed by atoms with Gasteiger partial charge in [-0.2, -0.15) is 92.2 Å². The molecule has 0 aromatic carbocycles. The number of halogens is 24. The van der Waals surface area contributed by atoms with E-state index in [1.165, 1.54) is 0 Å². The summed E-state index contributed by atoms with van der Waals surface area (Å²) in [6.07, 6.45) is -8.22. The molecule has 8 nitrogen and oxygen atoms in total. The van der Waals surface area contributed by atoms with E-state index in [9.17, 15) is 124 Å². The number of rotatable bonds is 14. The molecule has 0 aliphatic rings. The normalized spacial score (nSPS) is 17.3. The molecule has 0 amide bonds. The molecule has 0 saturated carbocycles. The first-order chi connectivity index (χ1) is 19.5. The van der Waals surface area contributed by atoms with E-state index in [0.29, 0.717) is 0 Å². The van der Waals surface area contributed by atoms with Crippen LogP contribution in [0.4, 0.5) is 106 Å². The van der Waals surface area contributed by atoms with Crippen molar-refractivity contribution >= 4 is 22.0 Å². The lowest BCUT2D eigenvalue weighted by atomic mass is 9.91. The van der Waals surface area contributed by atoms with E-state index in [1.807, 2.05) is 0 Å². The topological polar surface area (TPSA) is 115 Å². The molecule has 0 radical (unpaired) electrons. The Labute approximate surface area is 231 Å². The Morgan fingerprint density at radius 3 is 1.00 bits per heavy atom. The van der Waals surface area contributed by atoms with Gasteiger partial charge in [0, 0.05) is 5.23 Å². The monoisotopic (exact) mass is 770 g/mol. The van der Waals surface area contributed by atoms with Gasteiger partial charge in [-0.15, -0.1) is 4.48 Å². The number of hydrazine groups is 1. The van der Waals surface area contributed by atoms with Crippen molar-refractivity contribution in [1.82, 2.24) is 9.87 Å². The van der Waals surface area contributed by atoms with E-state index in [1.54, 1.807) is 0 Å². The molecule has 46 heavy (non-hydrogen) atoms. The van der Waals surface area contributed by atoms with Crippen LogP contribution >= 0.6 is 0 Å². The fraction of sp³-hybridized carbons (Fsp3) is 0.846. The molecule has 1 atom stereocenters. The fourth-order valence-electron chi connectivity index (χ4n) is 2.28. The van der Waals surface area contributed by atoms with E-state index in [2.05, 4.69) is 0 Å². The van der Waals surface area contributed by atoms with E-state index in [0.717, 1.165) is 0 Å². The van der Waals surface area contributed by atoms with Crippen LogP contribution in [0.5, 0.6) is 0 Å². The standard InChI is InChI=1S/C13H2F24N2O6S/c14-3(15,1(40)41)5(17,18)4(16,2(42)43)38(36)39(37)46(44,45)13(34,35)11(29,30)9(25,26)7(21,22)6(19,20)8(23,24)10(27,28)12(31,32)33/h(H,40,41)(H,42,43)/t4-/m1/s1. The molecule has 0 spiro atoms. The van der Waals surface area contributed by atoms with Gasteiger partial charge in [0.2, 0.25) is 0 Å². The Morgan fingerprint density at radius 1 is 0.457 bits per heavy atom. The molecule has 0 saturated heterocycles. The van der Waals surface area contributed by atoms with E-state index >= 15 is 0 Å². The van der Waals surface area contributed by atoms with E-state index in [4.69, 9.17) is 10.2 Å². The fourth-order valence-corrected chi connectivity index (χ4v) is 3.22. The van der Waals surface area contributed by atoms with Crippen molar-refractivity contribution in [2.75, 3.05) is 0 Å². The number of sulfonamides is 1. The van der Waals surface area contributed by atoms with Gasteiger partial charge in [0.05, 0.1) is 4.64 Å². The van der Waals surface area contributed by atoms with Crippen LogP contribution < -0.4 is 0 Å². The SMILES string of the molecule is O=C(O)C(F)(F)C(F)(F)[C@@](F)(C(=O)O)N(F)N(F)S(=O)(=O)C(F)(F)C(F)(F)C(F)(F)C(F)(F)C(F)(F)C(F)(F)C(F)(F)C(F)(F)F. The van der Waals surface area contributed by atoms with Crippen molar-refractivity contribution in [1.29, 1.82) is 0 Å². The Hall–Kier alpha value is -2.87. The number of carboxylic acids is 2. The first kappa shape index (κ1) is 43.1. The maximum absolute atomic E-state index is 14.2. The number of nitrogens with zero attached hydrogens (tertiary/aromatic N) is 2. The quantitative estimate of drug-likeness (QED) is 0.101. The molecule has 0 aliphatic heterocycles. The molecule has 0 aliphatic carbocycles. The summed E-state index contributed by atoms with van der Waals surface area (Å²) in [5.41, 5.74) is 0.